The number of halogens is 1. The van der Waals surface area contributed by atoms with Crippen molar-refractivity contribution in [3.05, 3.63) is 46.6 Å². The van der Waals surface area contributed by atoms with Gasteiger partial charge in [0.15, 0.2) is 5.78 Å². The van der Waals surface area contributed by atoms with Crippen LogP contribution in [0.3, 0.4) is 0 Å². The largest absolute Gasteiger partial charge is 0.298 e. The molecule has 1 aromatic heterocycles. The first-order chi connectivity index (χ1) is 8.10. The maximum atomic E-state index is 13.2. The summed E-state index contributed by atoms with van der Waals surface area (Å²) >= 11 is 1.29. The molecule has 2 rings (SSSR count). The van der Waals surface area contributed by atoms with E-state index in [-0.39, 0.29) is 11.3 Å². The summed E-state index contributed by atoms with van der Waals surface area (Å²) in [6.45, 7) is 1.48. The molecule has 0 fully saturated rings. The summed E-state index contributed by atoms with van der Waals surface area (Å²) in [6, 6.07) is 7.59. The number of thiophene rings is 1. The summed E-state index contributed by atoms with van der Waals surface area (Å²) in [6.07, 6.45) is 0.603. The van der Waals surface area contributed by atoms with Gasteiger partial charge in [-0.25, -0.2) is 4.39 Å². The quantitative estimate of drug-likeness (QED) is 0.614. The number of aldehydes is 1. The maximum Gasteiger partial charge on any atom is 0.169 e. The Labute approximate surface area is 102 Å². The second-order valence-corrected chi connectivity index (χ2v) is 4.69. The van der Waals surface area contributed by atoms with Gasteiger partial charge in [-0.2, -0.15) is 0 Å². The summed E-state index contributed by atoms with van der Waals surface area (Å²) in [7, 11) is 0. The highest BCUT2D eigenvalue weighted by Gasteiger charge is 2.08. The lowest BCUT2D eigenvalue weighted by Gasteiger charge is -1.99. The van der Waals surface area contributed by atoms with Crippen LogP contribution in [-0.4, -0.2) is 12.1 Å². The fraction of sp³-hybridized carbons (Fsp3) is 0.0769. The van der Waals surface area contributed by atoms with Crippen LogP contribution < -0.4 is 0 Å². The number of hydrogen-bond acceptors (Lipinski definition) is 3. The predicted molar refractivity (Wildman–Crippen MR) is 65.1 cm³/mol. The molecule has 0 saturated heterocycles. The number of ketones is 1. The first-order valence-corrected chi connectivity index (χ1v) is 5.78. The van der Waals surface area contributed by atoms with Crippen molar-refractivity contribution in [3.63, 3.8) is 0 Å². The molecular formula is C13H9FO2S. The molecule has 1 aromatic carbocycles. The molecule has 1 heterocycles. The van der Waals surface area contributed by atoms with E-state index < -0.39 is 5.82 Å². The minimum atomic E-state index is -0.456. The van der Waals surface area contributed by atoms with Crippen LogP contribution in [0.15, 0.2) is 30.3 Å². The number of rotatable bonds is 3. The standard InChI is InChI=1S/C13H9FO2S/c1-8(16)12-2-3-13(17-12)10-4-9(7-15)5-11(14)6-10/h2-7H,1H3. The Bertz CT molecular complexity index is 587. The minimum absolute atomic E-state index is 0.0201. The van der Waals surface area contributed by atoms with Crippen molar-refractivity contribution in [1.82, 2.24) is 0 Å². The van der Waals surface area contributed by atoms with Gasteiger partial charge < -0.3 is 0 Å². The Morgan fingerprint density at radius 2 is 2.06 bits per heavy atom. The SMILES string of the molecule is CC(=O)c1ccc(-c2cc(F)cc(C=O)c2)s1. The zero-order chi connectivity index (χ0) is 12.4. The summed E-state index contributed by atoms with van der Waals surface area (Å²) in [5, 5.41) is 0. The lowest BCUT2D eigenvalue weighted by atomic mass is 10.1. The molecule has 0 spiro atoms. The summed E-state index contributed by atoms with van der Waals surface area (Å²) < 4.78 is 13.2. The van der Waals surface area contributed by atoms with Crippen LogP contribution in [0.4, 0.5) is 4.39 Å². The first-order valence-electron chi connectivity index (χ1n) is 4.97. The van der Waals surface area contributed by atoms with Crippen LogP contribution in [0, 0.1) is 5.82 Å². The fourth-order valence-corrected chi connectivity index (χ4v) is 2.39. The average molecular weight is 248 g/mol. The Balaban J connectivity index is 2.48. The van der Waals surface area contributed by atoms with Crippen molar-refractivity contribution in [1.29, 1.82) is 0 Å². The Kier molecular flexibility index (Phi) is 3.15. The minimum Gasteiger partial charge on any atom is -0.298 e. The van der Waals surface area contributed by atoms with Crippen molar-refractivity contribution in [2.45, 2.75) is 6.92 Å². The van der Waals surface area contributed by atoms with Gasteiger partial charge in [0, 0.05) is 10.4 Å². The summed E-state index contributed by atoms with van der Waals surface area (Å²) in [5.41, 5.74) is 0.905. The molecule has 86 valence electrons. The van der Waals surface area contributed by atoms with E-state index in [1.165, 1.54) is 30.4 Å². The van der Waals surface area contributed by atoms with Crippen LogP contribution in [-0.2, 0) is 0 Å². The van der Waals surface area contributed by atoms with Gasteiger partial charge in [-0.3, -0.25) is 9.59 Å². The van der Waals surface area contributed by atoms with Crippen LogP contribution in [0.5, 0.6) is 0 Å². The lowest BCUT2D eigenvalue weighted by Crippen LogP contribution is -1.85. The van der Waals surface area contributed by atoms with Gasteiger partial charge in [0.05, 0.1) is 4.88 Å². The summed E-state index contributed by atoms with van der Waals surface area (Å²) in [4.78, 5) is 23.2. The third-order valence-corrected chi connectivity index (χ3v) is 3.53. The Morgan fingerprint density at radius 3 is 2.65 bits per heavy atom. The third kappa shape index (κ3) is 2.47. The highest BCUT2D eigenvalue weighted by atomic mass is 32.1. The van der Waals surface area contributed by atoms with Gasteiger partial charge in [-0.1, -0.05) is 0 Å². The molecule has 0 radical (unpaired) electrons. The zero-order valence-corrected chi connectivity index (χ0v) is 9.88. The normalized spacial score (nSPS) is 10.2. The topological polar surface area (TPSA) is 34.1 Å². The predicted octanol–water partition coefficient (Wildman–Crippen LogP) is 3.57. The van der Waals surface area contributed by atoms with Gasteiger partial charge in [0.1, 0.15) is 12.1 Å². The van der Waals surface area contributed by atoms with Gasteiger partial charge in [0.2, 0.25) is 0 Å². The van der Waals surface area contributed by atoms with Crippen molar-refractivity contribution in [2.75, 3.05) is 0 Å². The molecule has 17 heavy (non-hydrogen) atoms. The van der Waals surface area contributed by atoms with E-state index in [4.69, 9.17) is 0 Å². The van der Waals surface area contributed by atoms with Crippen molar-refractivity contribution in [3.8, 4) is 10.4 Å². The molecule has 0 saturated carbocycles. The van der Waals surface area contributed by atoms with E-state index in [9.17, 15) is 14.0 Å². The number of Topliss-reactive ketones (excluding diaryl/α,β-unsaturated/α-hetero) is 1. The first kappa shape index (κ1) is 11.7. The number of hydrogen-bond donors (Lipinski definition) is 0. The molecule has 0 aliphatic carbocycles. The monoisotopic (exact) mass is 248 g/mol. The fourth-order valence-electron chi connectivity index (χ4n) is 1.50. The molecular weight excluding hydrogens is 239 g/mol. The van der Waals surface area contributed by atoms with E-state index in [0.717, 1.165) is 4.88 Å². The molecule has 2 aromatic rings. The van der Waals surface area contributed by atoms with E-state index >= 15 is 0 Å². The molecule has 0 bridgehead atoms. The Morgan fingerprint density at radius 1 is 1.29 bits per heavy atom. The molecule has 0 unspecified atom stereocenters. The molecule has 0 atom stereocenters. The molecule has 0 aliphatic rings. The molecule has 2 nitrogen and oxygen atoms in total. The molecule has 0 amide bonds. The van der Waals surface area contributed by atoms with Gasteiger partial charge in [-0.15, -0.1) is 11.3 Å². The van der Waals surface area contributed by atoms with Gasteiger partial charge >= 0.3 is 0 Å². The van der Waals surface area contributed by atoms with Crippen LogP contribution in [0.2, 0.25) is 0 Å². The average Bonchev–Trinajstić information content (AvgIpc) is 2.77. The zero-order valence-electron chi connectivity index (χ0n) is 9.07. The molecule has 4 heteroatoms. The van der Waals surface area contributed by atoms with E-state index in [0.29, 0.717) is 16.7 Å². The maximum absolute atomic E-state index is 13.2. The smallest absolute Gasteiger partial charge is 0.169 e. The van der Waals surface area contributed by atoms with Crippen LogP contribution in [0.25, 0.3) is 10.4 Å². The number of carbonyl (C=O) groups excluding carboxylic acids is 2. The molecule has 0 aliphatic heterocycles. The van der Waals surface area contributed by atoms with Crippen molar-refractivity contribution < 1.29 is 14.0 Å². The van der Waals surface area contributed by atoms with E-state index in [1.54, 1.807) is 18.2 Å². The highest BCUT2D eigenvalue weighted by Crippen LogP contribution is 2.29. The highest BCUT2D eigenvalue weighted by molar-refractivity contribution is 7.17. The number of benzene rings is 1. The lowest BCUT2D eigenvalue weighted by molar-refractivity contribution is 0.102. The molecule has 0 N–H and O–H groups in total. The van der Waals surface area contributed by atoms with E-state index in [1.807, 2.05) is 0 Å². The second kappa shape index (κ2) is 4.59. The summed E-state index contributed by atoms with van der Waals surface area (Å²) in [5.74, 6) is -0.476. The third-order valence-electron chi connectivity index (χ3n) is 2.29. The van der Waals surface area contributed by atoms with Gasteiger partial charge in [0.25, 0.3) is 0 Å². The Hall–Kier alpha value is -1.81. The van der Waals surface area contributed by atoms with Gasteiger partial charge in [-0.05, 0) is 42.8 Å². The van der Waals surface area contributed by atoms with Crippen LogP contribution in [0.1, 0.15) is 27.0 Å². The number of carbonyl (C=O) groups is 2. The second-order valence-electron chi connectivity index (χ2n) is 3.61. The van der Waals surface area contributed by atoms with Crippen molar-refractivity contribution >= 4 is 23.4 Å². The van der Waals surface area contributed by atoms with E-state index in [2.05, 4.69) is 0 Å². The van der Waals surface area contributed by atoms with Crippen molar-refractivity contribution in [2.24, 2.45) is 0 Å². The van der Waals surface area contributed by atoms with Crippen LogP contribution >= 0.6 is 11.3 Å².